The number of hydrogen-bond donors (Lipinski definition) is 1. The molecule has 0 heterocycles. The number of esters is 1. The summed E-state index contributed by atoms with van der Waals surface area (Å²) in [7, 11) is -1.32. The number of ether oxygens (including phenoxy) is 1. The molecule has 0 aliphatic heterocycles. The molecule has 0 aliphatic carbocycles. The summed E-state index contributed by atoms with van der Waals surface area (Å²) >= 11 is 0. The fourth-order valence-corrected chi connectivity index (χ4v) is 8.56. The molecular weight excluding hydrogens is 392 g/mol. The second kappa shape index (κ2) is 10.7. The van der Waals surface area contributed by atoms with Crippen LogP contribution in [0.3, 0.4) is 0 Å². The number of allylic oxidation sites excluding steroid dienone is 1. The minimum Gasteiger partial charge on any atom is -0.469 e. The van der Waals surface area contributed by atoms with Crippen LogP contribution in [0.5, 0.6) is 0 Å². The maximum Gasteiger partial charge on any atom is 0.306 e. The molecule has 5 heteroatoms. The number of hydrogen-bond acceptors (Lipinski definition) is 4. The number of benzene rings is 2. The smallest absolute Gasteiger partial charge is 0.306 e. The Morgan fingerprint density at radius 3 is 1.97 bits per heavy atom. The van der Waals surface area contributed by atoms with E-state index >= 15 is 0 Å². The highest BCUT2D eigenvalue weighted by Gasteiger charge is 2.50. The van der Waals surface area contributed by atoms with Gasteiger partial charge in [-0.3, -0.25) is 4.79 Å². The second-order valence-electron chi connectivity index (χ2n) is 8.64. The Hall–Kier alpha value is -2.21. The third kappa shape index (κ3) is 5.69. The quantitative estimate of drug-likeness (QED) is 0.358. The van der Waals surface area contributed by atoms with Crippen LogP contribution in [0.4, 0.5) is 0 Å². The van der Waals surface area contributed by atoms with E-state index in [1.54, 1.807) is 6.08 Å². The van der Waals surface area contributed by atoms with E-state index < -0.39 is 14.4 Å². The van der Waals surface area contributed by atoms with Gasteiger partial charge < -0.3 is 14.3 Å². The van der Waals surface area contributed by atoms with E-state index in [1.807, 2.05) is 36.4 Å². The van der Waals surface area contributed by atoms with Crippen molar-refractivity contribution in [2.75, 3.05) is 13.7 Å². The summed E-state index contributed by atoms with van der Waals surface area (Å²) in [6.07, 6.45) is 1.59. The van der Waals surface area contributed by atoms with Crippen LogP contribution in [0.15, 0.2) is 73.3 Å². The maximum absolute atomic E-state index is 11.6. The molecule has 162 valence electrons. The first-order chi connectivity index (χ1) is 14.2. The van der Waals surface area contributed by atoms with Gasteiger partial charge in [-0.05, 0) is 27.8 Å². The summed E-state index contributed by atoms with van der Waals surface area (Å²) in [6.45, 7) is 10.6. The van der Waals surface area contributed by atoms with Crippen molar-refractivity contribution in [3.63, 3.8) is 0 Å². The first-order valence-corrected chi connectivity index (χ1v) is 12.3. The number of carbonyl (C=O) groups is 1. The Bertz CT molecular complexity index is 759. The molecule has 0 aromatic heterocycles. The first kappa shape index (κ1) is 24.1. The molecule has 2 aromatic carbocycles. The molecule has 0 fully saturated rings. The van der Waals surface area contributed by atoms with E-state index in [-0.39, 0.29) is 30.0 Å². The molecule has 0 saturated carbocycles. The summed E-state index contributed by atoms with van der Waals surface area (Å²) < 4.78 is 11.5. The summed E-state index contributed by atoms with van der Waals surface area (Å²) in [5.41, 5.74) is 0. The highest BCUT2D eigenvalue weighted by Crippen LogP contribution is 2.37. The number of aliphatic hydroxyl groups excluding tert-OH is 1. The average Bonchev–Trinajstić information content (AvgIpc) is 2.74. The van der Waals surface area contributed by atoms with Gasteiger partial charge in [-0.2, -0.15) is 0 Å². The van der Waals surface area contributed by atoms with Gasteiger partial charge in [0.2, 0.25) is 0 Å². The fourth-order valence-electron chi connectivity index (χ4n) is 3.96. The minimum absolute atomic E-state index is 0.153. The number of aliphatic hydroxyl groups is 1. The molecule has 30 heavy (non-hydrogen) atoms. The van der Waals surface area contributed by atoms with Crippen LogP contribution < -0.4 is 10.4 Å². The zero-order valence-electron chi connectivity index (χ0n) is 18.5. The van der Waals surface area contributed by atoms with Crippen molar-refractivity contribution >= 4 is 24.7 Å². The zero-order valence-corrected chi connectivity index (χ0v) is 19.5. The van der Waals surface area contributed by atoms with Crippen molar-refractivity contribution in [3.05, 3.63) is 73.3 Å². The molecular formula is C25H34O4Si. The van der Waals surface area contributed by atoms with Crippen molar-refractivity contribution in [1.82, 2.24) is 0 Å². The monoisotopic (exact) mass is 426 g/mol. The molecule has 2 atom stereocenters. The van der Waals surface area contributed by atoms with E-state index in [1.165, 1.54) is 17.5 Å². The third-order valence-electron chi connectivity index (χ3n) is 5.47. The van der Waals surface area contributed by atoms with Crippen molar-refractivity contribution in [3.8, 4) is 0 Å². The van der Waals surface area contributed by atoms with Gasteiger partial charge >= 0.3 is 5.97 Å². The van der Waals surface area contributed by atoms with E-state index in [9.17, 15) is 9.90 Å². The molecule has 0 spiro atoms. The van der Waals surface area contributed by atoms with Crippen LogP contribution in [-0.4, -0.2) is 39.2 Å². The molecule has 2 aromatic rings. The Morgan fingerprint density at radius 2 is 1.57 bits per heavy atom. The van der Waals surface area contributed by atoms with Gasteiger partial charge in [0.1, 0.15) is 0 Å². The van der Waals surface area contributed by atoms with E-state index in [0.29, 0.717) is 6.42 Å². The van der Waals surface area contributed by atoms with E-state index in [0.717, 1.165) is 0 Å². The molecule has 0 amide bonds. The summed E-state index contributed by atoms with van der Waals surface area (Å²) in [6, 6.07) is 20.7. The Balaban J connectivity index is 2.32. The van der Waals surface area contributed by atoms with Gasteiger partial charge in [0.05, 0.1) is 26.2 Å². The lowest BCUT2D eigenvalue weighted by Gasteiger charge is -2.43. The minimum atomic E-state index is -2.69. The first-order valence-electron chi connectivity index (χ1n) is 10.4. The lowest BCUT2D eigenvalue weighted by atomic mass is 9.98. The van der Waals surface area contributed by atoms with E-state index in [2.05, 4.69) is 51.6 Å². The van der Waals surface area contributed by atoms with Crippen molar-refractivity contribution in [1.29, 1.82) is 0 Å². The van der Waals surface area contributed by atoms with Crippen LogP contribution in [0.2, 0.25) is 5.04 Å². The van der Waals surface area contributed by atoms with Gasteiger partial charge in [-0.1, -0.05) is 87.5 Å². The molecule has 0 radical (unpaired) electrons. The lowest BCUT2D eigenvalue weighted by Crippen LogP contribution is -2.67. The van der Waals surface area contributed by atoms with Crippen LogP contribution in [0.25, 0.3) is 0 Å². The molecule has 0 bridgehead atoms. The standard InChI is InChI=1S/C25H34O4Si/c1-6-20(18-24(27)28-5)17-21(26)19-29-30(25(2,3)4,22-13-9-7-10-14-22)23-15-11-8-12-16-23/h6-16,20-21,26H,1,17-19H2,2-5H3/t20-,21+/m1/s1. The third-order valence-corrected chi connectivity index (χ3v) is 10.5. The van der Waals surface area contributed by atoms with Gasteiger partial charge in [-0.15, -0.1) is 6.58 Å². The van der Waals surface area contributed by atoms with Gasteiger partial charge in [0, 0.05) is 0 Å². The zero-order chi connectivity index (χ0) is 22.2. The Kier molecular flexibility index (Phi) is 8.59. The summed E-state index contributed by atoms with van der Waals surface area (Å²) in [5.74, 6) is -0.463. The molecule has 1 N–H and O–H groups in total. The molecule has 4 nitrogen and oxygen atoms in total. The number of carbonyl (C=O) groups excluding carboxylic acids is 1. The molecule has 0 saturated heterocycles. The largest absolute Gasteiger partial charge is 0.469 e. The van der Waals surface area contributed by atoms with Gasteiger partial charge in [0.15, 0.2) is 0 Å². The number of methoxy groups -OCH3 is 1. The topological polar surface area (TPSA) is 55.8 Å². The molecule has 2 rings (SSSR count). The highest BCUT2D eigenvalue weighted by atomic mass is 28.4. The van der Waals surface area contributed by atoms with Crippen LogP contribution in [0.1, 0.15) is 33.6 Å². The molecule has 0 unspecified atom stereocenters. The lowest BCUT2D eigenvalue weighted by molar-refractivity contribution is -0.141. The van der Waals surface area contributed by atoms with Crippen LogP contribution >= 0.6 is 0 Å². The van der Waals surface area contributed by atoms with E-state index in [4.69, 9.17) is 9.16 Å². The summed E-state index contributed by atoms with van der Waals surface area (Å²) in [5, 5.41) is 12.9. The second-order valence-corrected chi connectivity index (χ2v) is 12.9. The summed E-state index contributed by atoms with van der Waals surface area (Å²) in [4.78, 5) is 11.6. The predicted octanol–water partition coefficient (Wildman–Crippen LogP) is 3.68. The number of rotatable bonds is 10. The van der Waals surface area contributed by atoms with Crippen molar-refractivity contribution < 1.29 is 19.1 Å². The normalized spacial score (nSPS) is 14.0. The highest BCUT2D eigenvalue weighted by molar-refractivity contribution is 6.99. The van der Waals surface area contributed by atoms with Crippen molar-refractivity contribution in [2.45, 2.75) is 44.8 Å². The Morgan fingerprint density at radius 1 is 1.07 bits per heavy atom. The SMILES string of the molecule is C=C[C@@H](CC(=O)OC)C[C@H](O)CO[Si](c1ccccc1)(c1ccccc1)C(C)(C)C. The fraction of sp³-hybridized carbons (Fsp3) is 0.400. The molecule has 0 aliphatic rings. The maximum atomic E-state index is 11.6. The van der Waals surface area contributed by atoms with Crippen molar-refractivity contribution in [2.24, 2.45) is 5.92 Å². The predicted molar refractivity (Wildman–Crippen MR) is 125 cm³/mol. The Labute approximate surface area is 181 Å². The van der Waals surface area contributed by atoms with Gasteiger partial charge in [0.25, 0.3) is 8.32 Å². The van der Waals surface area contributed by atoms with Gasteiger partial charge in [-0.25, -0.2) is 0 Å². The van der Waals surface area contributed by atoms with Crippen LogP contribution in [-0.2, 0) is 14.0 Å². The average molecular weight is 427 g/mol. The van der Waals surface area contributed by atoms with Crippen LogP contribution in [0, 0.1) is 5.92 Å².